The number of allylic oxidation sites excluding steroid dienone is 1. The summed E-state index contributed by atoms with van der Waals surface area (Å²) in [6.07, 6.45) is 3.45. The number of benzene rings is 2. The van der Waals surface area contributed by atoms with E-state index in [9.17, 15) is 4.79 Å². The van der Waals surface area contributed by atoms with Crippen molar-refractivity contribution < 1.29 is 14.3 Å². The highest BCUT2D eigenvalue weighted by atomic mass is 16.5. The van der Waals surface area contributed by atoms with Crippen LogP contribution in [0.15, 0.2) is 60.4 Å². The van der Waals surface area contributed by atoms with E-state index in [0.717, 1.165) is 28.0 Å². The van der Waals surface area contributed by atoms with Crippen LogP contribution in [0.2, 0.25) is 0 Å². The van der Waals surface area contributed by atoms with E-state index in [1.165, 1.54) is 6.08 Å². The minimum Gasteiger partial charge on any atom is -0.463 e. The van der Waals surface area contributed by atoms with Gasteiger partial charge in [0.2, 0.25) is 0 Å². The molecule has 0 bridgehead atoms. The molecule has 116 valence electrons. The van der Waals surface area contributed by atoms with Gasteiger partial charge in [0.15, 0.2) is 0 Å². The average Bonchev–Trinajstić information content (AvgIpc) is 2.54. The SMILES string of the molecule is CCOC(=O)/C=C1\Oc2ccccc2C=C1c1cccc(C)c1. The smallest absolute Gasteiger partial charge is 0.334 e. The molecule has 23 heavy (non-hydrogen) atoms. The van der Waals surface area contributed by atoms with Crippen LogP contribution >= 0.6 is 0 Å². The molecular formula is C20H18O3. The summed E-state index contributed by atoms with van der Waals surface area (Å²) in [6, 6.07) is 15.9. The molecule has 0 fully saturated rings. The maximum atomic E-state index is 11.9. The number of carbonyl (C=O) groups excluding carboxylic acids is 1. The van der Waals surface area contributed by atoms with Crippen LogP contribution in [-0.2, 0) is 9.53 Å². The molecule has 0 atom stereocenters. The van der Waals surface area contributed by atoms with Gasteiger partial charge in [-0.25, -0.2) is 4.79 Å². The molecule has 1 aliphatic rings. The first-order valence-corrected chi connectivity index (χ1v) is 7.62. The van der Waals surface area contributed by atoms with Gasteiger partial charge in [-0.1, -0.05) is 48.0 Å². The summed E-state index contributed by atoms with van der Waals surface area (Å²) in [5, 5.41) is 0. The number of rotatable bonds is 3. The predicted molar refractivity (Wildman–Crippen MR) is 90.8 cm³/mol. The highest BCUT2D eigenvalue weighted by Gasteiger charge is 2.19. The third kappa shape index (κ3) is 3.34. The summed E-state index contributed by atoms with van der Waals surface area (Å²) in [5.41, 5.74) is 4.03. The highest BCUT2D eigenvalue weighted by molar-refractivity contribution is 5.97. The minimum atomic E-state index is -0.402. The molecule has 3 heteroatoms. The van der Waals surface area contributed by atoms with E-state index < -0.39 is 5.97 Å². The van der Waals surface area contributed by atoms with E-state index in [1.807, 2.05) is 55.5 Å². The maximum Gasteiger partial charge on any atom is 0.334 e. The van der Waals surface area contributed by atoms with Crippen molar-refractivity contribution in [2.45, 2.75) is 13.8 Å². The van der Waals surface area contributed by atoms with Gasteiger partial charge in [-0.2, -0.15) is 0 Å². The number of ether oxygens (including phenoxy) is 2. The van der Waals surface area contributed by atoms with E-state index in [4.69, 9.17) is 9.47 Å². The van der Waals surface area contributed by atoms with Crippen molar-refractivity contribution in [3.63, 3.8) is 0 Å². The molecule has 1 heterocycles. The second-order valence-corrected chi connectivity index (χ2v) is 5.33. The Labute approximate surface area is 135 Å². The third-order valence-corrected chi connectivity index (χ3v) is 3.57. The Kier molecular flexibility index (Phi) is 4.29. The zero-order chi connectivity index (χ0) is 16.2. The number of esters is 1. The molecule has 0 aliphatic carbocycles. The number of aryl methyl sites for hydroxylation is 1. The van der Waals surface area contributed by atoms with Gasteiger partial charge in [0.05, 0.1) is 12.7 Å². The van der Waals surface area contributed by atoms with E-state index >= 15 is 0 Å². The lowest BCUT2D eigenvalue weighted by molar-refractivity contribution is -0.137. The van der Waals surface area contributed by atoms with Crippen LogP contribution in [0.3, 0.4) is 0 Å². The monoisotopic (exact) mass is 306 g/mol. The van der Waals surface area contributed by atoms with Gasteiger partial charge >= 0.3 is 5.97 Å². The van der Waals surface area contributed by atoms with Crippen LogP contribution in [0.5, 0.6) is 5.75 Å². The summed E-state index contributed by atoms with van der Waals surface area (Å²) < 4.78 is 11.0. The molecule has 0 amide bonds. The van der Waals surface area contributed by atoms with Gasteiger partial charge in [-0.15, -0.1) is 0 Å². The molecule has 3 rings (SSSR count). The van der Waals surface area contributed by atoms with Crippen molar-refractivity contribution >= 4 is 17.6 Å². The standard InChI is InChI=1S/C20H18O3/c1-3-22-20(21)13-19-17(15-9-6-7-14(2)11-15)12-16-8-4-5-10-18(16)23-19/h4-13H,3H2,1-2H3/b19-13-. The van der Waals surface area contributed by atoms with Gasteiger partial charge in [0.1, 0.15) is 11.5 Å². The fourth-order valence-corrected chi connectivity index (χ4v) is 2.53. The lowest BCUT2D eigenvalue weighted by Crippen LogP contribution is -2.09. The van der Waals surface area contributed by atoms with Crippen molar-refractivity contribution in [1.29, 1.82) is 0 Å². The summed E-state index contributed by atoms with van der Waals surface area (Å²) in [5.74, 6) is 0.840. The summed E-state index contributed by atoms with van der Waals surface area (Å²) in [7, 11) is 0. The first-order chi connectivity index (χ1) is 11.2. The molecule has 2 aromatic rings. The molecular weight excluding hydrogens is 288 g/mol. The molecule has 0 N–H and O–H groups in total. The van der Waals surface area contributed by atoms with Gasteiger partial charge in [0.25, 0.3) is 0 Å². The first kappa shape index (κ1) is 15.1. The van der Waals surface area contributed by atoms with Gasteiger partial charge < -0.3 is 9.47 Å². The van der Waals surface area contributed by atoms with Gasteiger partial charge in [-0.05, 0) is 31.6 Å². The molecule has 0 saturated heterocycles. The predicted octanol–water partition coefficient (Wildman–Crippen LogP) is 4.38. The Morgan fingerprint density at radius 3 is 2.78 bits per heavy atom. The lowest BCUT2D eigenvalue weighted by Gasteiger charge is -2.21. The number of carbonyl (C=O) groups is 1. The fourth-order valence-electron chi connectivity index (χ4n) is 2.53. The van der Waals surface area contributed by atoms with E-state index in [0.29, 0.717) is 12.4 Å². The normalized spacial score (nSPS) is 14.7. The van der Waals surface area contributed by atoms with E-state index in [2.05, 4.69) is 6.07 Å². The lowest BCUT2D eigenvalue weighted by atomic mass is 9.97. The minimum absolute atomic E-state index is 0.336. The average molecular weight is 306 g/mol. The van der Waals surface area contributed by atoms with Crippen LogP contribution in [0.4, 0.5) is 0 Å². The number of fused-ring (bicyclic) bond motifs is 1. The van der Waals surface area contributed by atoms with Crippen LogP contribution < -0.4 is 4.74 Å². The van der Waals surface area contributed by atoms with Gasteiger partial charge in [0, 0.05) is 11.1 Å². The number of para-hydroxylation sites is 1. The second-order valence-electron chi connectivity index (χ2n) is 5.33. The van der Waals surface area contributed by atoms with Crippen molar-refractivity contribution in [2.75, 3.05) is 6.61 Å². The Balaban J connectivity index is 2.10. The van der Waals surface area contributed by atoms with Crippen LogP contribution in [0.1, 0.15) is 23.6 Å². The van der Waals surface area contributed by atoms with E-state index in [1.54, 1.807) is 6.92 Å². The van der Waals surface area contributed by atoms with E-state index in [-0.39, 0.29) is 0 Å². The molecule has 0 radical (unpaired) electrons. The van der Waals surface area contributed by atoms with Crippen LogP contribution in [0, 0.1) is 6.92 Å². The zero-order valence-corrected chi connectivity index (χ0v) is 13.2. The Hall–Kier alpha value is -2.81. The summed E-state index contributed by atoms with van der Waals surface area (Å²) >= 11 is 0. The maximum absolute atomic E-state index is 11.9. The van der Waals surface area contributed by atoms with Crippen LogP contribution in [-0.4, -0.2) is 12.6 Å². The topological polar surface area (TPSA) is 35.5 Å². The number of hydrogen-bond donors (Lipinski definition) is 0. The molecule has 0 unspecified atom stereocenters. The molecule has 0 aromatic heterocycles. The Bertz CT molecular complexity index is 800. The quantitative estimate of drug-likeness (QED) is 0.624. The molecule has 2 aromatic carbocycles. The largest absolute Gasteiger partial charge is 0.463 e. The highest BCUT2D eigenvalue weighted by Crippen LogP contribution is 2.36. The fraction of sp³-hybridized carbons (Fsp3) is 0.150. The zero-order valence-electron chi connectivity index (χ0n) is 13.2. The van der Waals surface area contributed by atoms with Crippen LogP contribution in [0.25, 0.3) is 11.6 Å². The van der Waals surface area contributed by atoms with Crippen molar-refractivity contribution in [3.05, 3.63) is 77.1 Å². The molecule has 3 nitrogen and oxygen atoms in total. The van der Waals surface area contributed by atoms with Crippen molar-refractivity contribution in [3.8, 4) is 5.75 Å². The second kappa shape index (κ2) is 6.53. The third-order valence-electron chi connectivity index (χ3n) is 3.57. The van der Waals surface area contributed by atoms with Crippen molar-refractivity contribution in [2.24, 2.45) is 0 Å². The Morgan fingerprint density at radius 2 is 2.00 bits per heavy atom. The molecule has 0 saturated carbocycles. The Morgan fingerprint density at radius 1 is 1.17 bits per heavy atom. The van der Waals surface area contributed by atoms with Gasteiger partial charge in [-0.3, -0.25) is 0 Å². The molecule has 0 spiro atoms. The number of hydrogen-bond acceptors (Lipinski definition) is 3. The first-order valence-electron chi connectivity index (χ1n) is 7.62. The summed E-state index contributed by atoms with van der Waals surface area (Å²) in [4.78, 5) is 11.9. The molecule has 1 aliphatic heterocycles. The summed E-state index contributed by atoms with van der Waals surface area (Å²) in [6.45, 7) is 4.16. The van der Waals surface area contributed by atoms with Crippen molar-refractivity contribution in [1.82, 2.24) is 0 Å².